The van der Waals surface area contributed by atoms with Gasteiger partial charge in [0.25, 0.3) is 5.91 Å². The fourth-order valence-corrected chi connectivity index (χ4v) is 5.38. The van der Waals surface area contributed by atoms with E-state index in [4.69, 9.17) is 10.5 Å². The third-order valence-corrected chi connectivity index (χ3v) is 8.53. The Morgan fingerprint density at radius 1 is 1.10 bits per heavy atom. The van der Waals surface area contributed by atoms with Gasteiger partial charge in [0.2, 0.25) is 11.5 Å². The monoisotopic (exact) mass is 681 g/mol. The summed E-state index contributed by atoms with van der Waals surface area (Å²) in [5.41, 5.74) is 5.47. The molecule has 1 unspecified atom stereocenters. The summed E-state index contributed by atoms with van der Waals surface area (Å²) in [4.78, 5) is 46.9. The number of anilines is 1. The molecular formula is C33H31F4N7O5. The lowest BCUT2D eigenvalue weighted by Crippen LogP contribution is -2.51. The maximum Gasteiger partial charge on any atom is 0.424 e. The van der Waals surface area contributed by atoms with E-state index in [1.165, 1.54) is 31.2 Å². The number of nitrogens with zero attached hydrogens (tertiary/aromatic N) is 2. The van der Waals surface area contributed by atoms with Crippen LogP contribution in [0.25, 0.3) is 22.2 Å². The number of alkyl halides is 3. The molecule has 0 bridgehead atoms. The summed E-state index contributed by atoms with van der Waals surface area (Å²) in [6, 6.07) is 9.32. The molecule has 12 nitrogen and oxygen atoms in total. The van der Waals surface area contributed by atoms with E-state index in [9.17, 15) is 37.1 Å². The van der Waals surface area contributed by atoms with E-state index in [1.807, 2.05) is 0 Å². The molecule has 1 aliphatic heterocycles. The molecule has 0 radical (unpaired) electrons. The Labute approximate surface area is 276 Å². The third kappa shape index (κ3) is 6.44. The number of aryl methyl sites for hydroxylation is 1. The normalized spacial score (nSPS) is 18.3. The topological polar surface area (TPSA) is 181 Å². The van der Waals surface area contributed by atoms with E-state index < -0.39 is 53.1 Å². The number of pyridine rings is 2. The highest BCUT2D eigenvalue weighted by Gasteiger charge is 2.57. The lowest BCUT2D eigenvalue weighted by Gasteiger charge is -2.31. The quantitative estimate of drug-likeness (QED) is 0.114. The number of fused-ring (bicyclic) bond motifs is 2. The number of hydrogen-bond acceptors (Lipinski definition) is 8. The zero-order valence-electron chi connectivity index (χ0n) is 26.2. The van der Waals surface area contributed by atoms with E-state index in [0.29, 0.717) is 16.5 Å². The Balaban J connectivity index is 1.36. The first-order valence-electron chi connectivity index (χ1n) is 15.1. The van der Waals surface area contributed by atoms with Crippen molar-refractivity contribution >= 4 is 34.4 Å². The van der Waals surface area contributed by atoms with Gasteiger partial charge in [-0.1, -0.05) is 0 Å². The minimum absolute atomic E-state index is 0.0540. The summed E-state index contributed by atoms with van der Waals surface area (Å²) >= 11 is 0. The molecule has 256 valence electrons. The van der Waals surface area contributed by atoms with Crippen molar-refractivity contribution in [2.24, 2.45) is 5.73 Å². The van der Waals surface area contributed by atoms with E-state index in [-0.39, 0.29) is 46.5 Å². The molecule has 3 heterocycles. The number of amides is 4. The summed E-state index contributed by atoms with van der Waals surface area (Å²) < 4.78 is 63.9. The number of carbonyl (C=O) groups is 3. The van der Waals surface area contributed by atoms with Gasteiger partial charge in [-0.25, -0.2) is 19.6 Å². The summed E-state index contributed by atoms with van der Waals surface area (Å²) in [6.07, 6.45) is -2.06. The predicted molar refractivity (Wildman–Crippen MR) is 169 cm³/mol. The van der Waals surface area contributed by atoms with Crippen molar-refractivity contribution in [2.75, 3.05) is 18.5 Å². The van der Waals surface area contributed by atoms with Crippen LogP contribution < -0.4 is 32.0 Å². The largest absolute Gasteiger partial charge is 0.489 e. The number of primary amides is 1. The van der Waals surface area contributed by atoms with Gasteiger partial charge in [0, 0.05) is 34.3 Å². The molecule has 6 rings (SSSR count). The first-order valence-corrected chi connectivity index (χ1v) is 15.1. The highest BCUT2D eigenvalue weighted by molar-refractivity contribution is 6.05. The van der Waals surface area contributed by atoms with Crippen molar-refractivity contribution < 1.29 is 41.8 Å². The van der Waals surface area contributed by atoms with Gasteiger partial charge in [-0.2, -0.15) is 13.2 Å². The minimum Gasteiger partial charge on any atom is -0.489 e. The average molecular weight is 682 g/mol. The molecule has 1 saturated carbocycles. The lowest BCUT2D eigenvalue weighted by atomic mass is 9.81. The van der Waals surface area contributed by atoms with Crippen LogP contribution in [-0.4, -0.2) is 58.3 Å². The van der Waals surface area contributed by atoms with Crippen LogP contribution in [0, 0.1) is 12.7 Å². The summed E-state index contributed by atoms with van der Waals surface area (Å²) in [6.45, 7) is 1.40. The van der Waals surface area contributed by atoms with Gasteiger partial charge in [0.15, 0.2) is 0 Å². The van der Waals surface area contributed by atoms with Crippen molar-refractivity contribution in [1.82, 2.24) is 26.1 Å². The van der Waals surface area contributed by atoms with Crippen LogP contribution in [0.4, 0.5) is 28.0 Å². The Morgan fingerprint density at radius 3 is 2.47 bits per heavy atom. The van der Waals surface area contributed by atoms with Crippen LogP contribution >= 0.6 is 0 Å². The molecule has 2 atom stereocenters. The molecule has 7 N–H and O–H groups in total. The van der Waals surface area contributed by atoms with Gasteiger partial charge < -0.3 is 26.2 Å². The molecule has 0 spiro atoms. The molecule has 4 aromatic rings. The van der Waals surface area contributed by atoms with Crippen LogP contribution in [0.15, 0.2) is 54.7 Å². The number of ether oxygens (including phenoxy) is 1. The lowest BCUT2D eigenvalue weighted by molar-refractivity contribution is -0.265. The molecule has 0 saturated heterocycles. The number of rotatable bonds is 9. The fraction of sp³-hybridized carbons (Fsp3) is 0.303. The Hall–Kier alpha value is -5.35. The number of halogens is 4. The highest BCUT2D eigenvalue weighted by atomic mass is 19.4. The van der Waals surface area contributed by atoms with Crippen LogP contribution in [-0.2, 0) is 15.8 Å². The molecule has 2 aliphatic rings. The van der Waals surface area contributed by atoms with Gasteiger partial charge in [0.1, 0.15) is 29.3 Å². The van der Waals surface area contributed by atoms with Crippen molar-refractivity contribution in [3.8, 4) is 17.0 Å². The SMILES string of the molecule is Cc1cnc2c(NC(=O)NNC3CC3)cc(C(=O)NCC(O)(c3cc4c(c(-c5ccc(F)cc5)n3)OC[C@]4(C)C(N)=O)C(F)(F)F)cc2c1. The van der Waals surface area contributed by atoms with Crippen molar-refractivity contribution in [1.29, 1.82) is 0 Å². The molecule has 4 amide bonds. The Bertz CT molecular complexity index is 1990. The second-order valence-electron chi connectivity index (χ2n) is 12.4. The van der Waals surface area contributed by atoms with E-state index in [2.05, 4.69) is 31.5 Å². The van der Waals surface area contributed by atoms with Crippen LogP contribution in [0.3, 0.4) is 0 Å². The first-order chi connectivity index (χ1) is 23.1. The summed E-state index contributed by atoms with van der Waals surface area (Å²) in [5, 5.41) is 16.5. The number of nitrogens with two attached hydrogens (primary N) is 1. The Morgan fingerprint density at radius 2 is 1.82 bits per heavy atom. The van der Waals surface area contributed by atoms with Gasteiger partial charge in [0.05, 0.1) is 23.4 Å². The van der Waals surface area contributed by atoms with E-state index in [1.54, 1.807) is 19.2 Å². The fourth-order valence-electron chi connectivity index (χ4n) is 5.38. The van der Waals surface area contributed by atoms with Crippen molar-refractivity contribution in [3.05, 3.63) is 82.9 Å². The number of urea groups is 1. The maximum absolute atomic E-state index is 14.8. The van der Waals surface area contributed by atoms with E-state index in [0.717, 1.165) is 31.0 Å². The van der Waals surface area contributed by atoms with Crippen molar-refractivity contribution in [3.63, 3.8) is 0 Å². The van der Waals surface area contributed by atoms with Crippen LogP contribution in [0.1, 0.15) is 46.9 Å². The molecule has 16 heteroatoms. The second kappa shape index (κ2) is 12.3. The van der Waals surface area contributed by atoms with Gasteiger partial charge in [-0.3, -0.25) is 20.0 Å². The van der Waals surface area contributed by atoms with Gasteiger partial charge in [-0.15, -0.1) is 0 Å². The van der Waals surface area contributed by atoms with Crippen LogP contribution in [0.2, 0.25) is 0 Å². The first kappa shape index (κ1) is 33.5. The molecule has 2 aromatic heterocycles. The number of hydrazine groups is 1. The molecule has 49 heavy (non-hydrogen) atoms. The standard InChI is InChI=1S/C33H31F4N7O5/c1-16-9-18-10-19(11-23(25(18)39-13-16)41-30(47)44-43-21-7-8-21)28(45)40-14-32(48,33(35,36)37)24-12-22-27(49-15-31(22,2)29(38)46)26(42-24)17-3-5-20(34)6-4-17/h3-6,9-13,21,43,48H,7-8,14-15H2,1-2H3,(H2,38,46)(H,40,45)(H2,41,44,47)/t31-,32?/m0/s1. The van der Waals surface area contributed by atoms with Gasteiger partial charge >= 0.3 is 12.2 Å². The number of aromatic nitrogens is 2. The zero-order chi connectivity index (χ0) is 35.3. The molecule has 1 fully saturated rings. The number of carbonyl (C=O) groups excluding carboxylic acids is 3. The minimum atomic E-state index is -5.41. The van der Waals surface area contributed by atoms with E-state index >= 15 is 0 Å². The smallest absolute Gasteiger partial charge is 0.424 e. The average Bonchev–Trinajstić information content (AvgIpc) is 3.82. The maximum atomic E-state index is 14.8. The number of aliphatic hydroxyl groups is 1. The molecule has 2 aromatic carbocycles. The van der Waals surface area contributed by atoms with Crippen LogP contribution in [0.5, 0.6) is 5.75 Å². The molecule has 1 aliphatic carbocycles. The number of hydrogen-bond donors (Lipinski definition) is 6. The van der Waals surface area contributed by atoms with Crippen molar-refractivity contribution in [2.45, 2.75) is 49.9 Å². The summed E-state index contributed by atoms with van der Waals surface area (Å²) in [5.74, 6) is -2.60. The number of nitrogens with one attached hydrogen (secondary N) is 4. The zero-order valence-corrected chi connectivity index (χ0v) is 26.2. The number of benzene rings is 2. The molecular weight excluding hydrogens is 650 g/mol. The second-order valence-corrected chi connectivity index (χ2v) is 12.4. The predicted octanol–water partition coefficient (Wildman–Crippen LogP) is 3.85. The Kier molecular flexibility index (Phi) is 8.40. The third-order valence-electron chi connectivity index (χ3n) is 8.53. The summed E-state index contributed by atoms with van der Waals surface area (Å²) in [7, 11) is 0. The van der Waals surface area contributed by atoms with Gasteiger partial charge in [-0.05, 0) is 80.8 Å². The highest BCUT2D eigenvalue weighted by Crippen LogP contribution is 2.47.